The number of ether oxygens (including phenoxy) is 1. The van der Waals surface area contributed by atoms with Gasteiger partial charge in [0, 0.05) is 0 Å². The summed E-state index contributed by atoms with van der Waals surface area (Å²) in [6.07, 6.45) is 0. The van der Waals surface area contributed by atoms with Gasteiger partial charge in [-0.1, -0.05) is 42.5 Å². The Bertz CT molecular complexity index is 952. The fourth-order valence-electron chi connectivity index (χ4n) is 3.03. The second-order valence-corrected chi connectivity index (χ2v) is 6.26. The van der Waals surface area contributed by atoms with Gasteiger partial charge in [0.1, 0.15) is 17.1 Å². The van der Waals surface area contributed by atoms with Crippen molar-refractivity contribution in [3.8, 4) is 0 Å². The van der Waals surface area contributed by atoms with Crippen molar-refractivity contribution in [2.45, 2.75) is 26.8 Å². The first kappa shape index (κ1) is 17.7. The van der Waals surface area contributed by atoms with E-state index in [1.54, 1.807) is 19.9 Å². The average molecular weight is 351 g/mol. The molecule has 3 aromatic rings. The van der Waals surface area contributed by atoms with Gasteiger partial charge in [-0.2, -0.15) is 0 Å². The maximum absolute atomic E-state index is 12.2. The highest BCUT2D eigenvalue weighted by Gasteiger charge is 2.18. The summed E-state index contributed by atoms with van der Waals surface area (Å²) in [6, 6.07) is 15.4. The molecule has 1 aromatic heterocycles. The minimum atomic E-state index is -0.563. The van der Waals surface area contributed by atoms with Crippen LogP contribution in [-0.4, -0.2) is 18.5 Å². The Morgan fingerprint density at radius 1 is 1.12 bits per heavy atom. The van der Waals surface area contributed by atoms with E-state index >= 15 is 0 Å². The normalized spacial score (nSPS) is 12.0. The summed E-state index contributed by atoms with van der Waals surface area (Å²) in [5.74, 6) is 0.199. The highest BCUT2D eigenvalue weighted by molar-refractivity contribution is 5.92. The van der Waals surface area contributed by atoms with Gasteiger partial charge in [0.2, 0.25) is 0 Å². The SMILES string of the molecule is Cc1cc(C(=O)OCC(=O)N[C@@H](C)c2cccc3ccccc23)c(C)o1. The van der Waals surface area contributed by atoms with Crippen molar-refractivity contribution in [2.75, 3.05) is 6.61 Å². The Morgan fingerprint density at radius 3 is 2.58 bits per heavy atom. The fourth-order valence-corrected chi connectivity index (χ4v) is 3.03. The average Bonchev–Trinajstić information content (AvgIpc) is 2.97. The second-order valence-electron chi connectivity index (χ2n) is 6.26. The van der Waals surface area contributed by atoms with Gasteiger partial charge in [-0.15, -0.1) is 0 Å². The molecule has 2 aromatic carbocycles. The molecular formula is C21H21NO4. The minimum absolute atomic E-state index is 0.204. The number of fused-ring (bicyclic) bond motifs is 1. The van der Waals surface area contributed by atoms with Crippen LogP contribution in [0.3, 0.4) is 0 Å². The van der Waals surface area contributed by atoms with Crippen LogP contribution in [0.1, 0.15) is 40.4 Å². The molecule has 0 aliphatic heterocycles. The van der Waals surface area contributed by atoms with Crippen LogP contribution in [0.2, 0.25) is 0 Å². The molecule has 5 heteroatoms. The number of furan rings is 1. The molecule has 26 heavy (non-hydrogen) atoms. The molecule has 0 saturated heterocycles. The largest absolute Gasteiger partial charge is 0.466 e. The minimum Gasteiger partial charge on any atom is -0.466 e. The summed E-state index contributed by atoms with van der Waals surface area (Å²) in [5, 5.41) is 5.08. The number of rotatable bonds is 5. The number of benzene rings is 2. The number of carbonyl (C=O) groups excluding carboxylic acids is 2. The van der Waals surface area contributed by atoms with Gasteiger partial charge in [-0.05, 0) is 43.2 Å². The summed E-state index contributed by atoms with van der Waals surface area (Å²) >= 11 is 0. The molecule has 3 rings (SSSR count). The van der Waals surface area contributed by atoms with E-state index in [1.807, 2.05) is 49.4 Å². The topological polar surface area (TPSA) is 68.5 Å². The number of esters is 1. The lowest BCUT2D eigenvalue weighted by Crippen LogP contribution is -2.31. The number of nitrogens with one attached hydrogen (secondary N) is 1. The van der Waals surface area contributed by atoms with Crippen molar-refractivity contribution in [3.05, 3.63) is 71.2 Å². The van der Waals surface area contributed by atoms with Crippen molar-refractivity contribution in [1.29, 1.82) is 0 Å². The van der Waals surface area contributed by atoms with E-state index in [0.717, 1.165) is 16.3 Å². The summed E-state index contributed by atoms with van der Waals surface area (Å²) < 4.78 is 10.4. The monoisotopic (exact) mass is 351 g/mol. The van der Waals surface area contributed by atoms with Gasteiger partial charge < -0.3 is 14.5 Å². The molecule has 0 radical (unpaired) electrons. The van der Waals surface area contributed by atoms with E-state index in [0.29, 0.717) is 17.1 Å². The Labute approximate surface area is 152 Å². The molecule has 0 spiro atoms. The molecule has 0 unspecified atom stereocenters. The van der Waals surface area contributed by atoms with E-state index in [9.17, 15) is 9.59 Å². The third kappa shape index (κ3) is 3.77. The third-order valence-corrected chi connectivity index (χ3v) is 4.26. The van der Waals surface area contributed by atoms with Gasteiger partial charge in [0.15, 0.2) is 6.61 Å². The number of aryl methyl sites for hydroxylation is 2. The first-order valence-electron chi connectivity index (χ1n) is 8.47. The quantitative estimate of drug-likeness (QED) is 0.703. The van der Waals surface area contributed by atoms with Crippen molar-refractivity contribution in [2.24, 2.45) is 0 Å². The van der Waals surface area contributed by atoms with Crippen LogP contribution in [0.5, 0.6) is 0 Å². The van der Waals surface area contributed by atoms with E-state index in [4.69, 9.17) is 9.15 Å². The Morgan fingerprint density at radius 2 is 1.85 bits per heavy atom. The highest BCUT2D eigenvalue weighted by Crippen LogP contribution is 2.24. The zero-order valence-corrected chi connectivity index (χ0v) is 15.0. The summed E-state index contributed by atoms with van der Waals surface area (Å²) in [7, 11) is 0. The number of amides is 1. The molecule has 0 bridgehead atoms. The van der Waals surface area contributed by atoms with Crippen LogP contribution in [0.4, 0.5) is 0 Å². The summed E-state index contributed by atoms with van der Waals surface area (Å²) in [4.78, 5) is 24.2. The van der Waals surface area contributed by atoms with Crippen molar-refractivity contribution < 1.29 is 18.7 Å². The van der Waals surface area contributed by atoms with Crippen LogP contribution >= 0.6 is 0 Å². The van der Waals surface area contributed by atoms with Crippen LogP contribution in [0.15, 0.2) is 52.9 Å². The maximum atomic E-state index is 12.2. The van der Waals surface area contributed by atoms with Crippen molar-refractivity contribution >= 4 is 22.6 Å². The van der Waals surface area contributed by atoms with E-state index in [-0.39, 0.29) is 18.6 Å². The fraction of sp³-hybridized carbons (Fsp3) is 0.238. The molecule has 1 N–H and O–H groups in total. The third-order valence-electron chi connectivity index (χ3n) is 4.26. The molecule has 1 atom stereocenters. The van der Waals surface area contributed by atoms with Gasteiger partial charge >= 0.3 is 5.97 Å². The predicted octanol–water partition coefficient (Wildman–Crippen LogP) is 4.08. The van der Waals surface area contributed by atoms with E-state index < -0.39 is 5.97 Å². The lowest BCUT2D eigenvalue weighted by Gasteiger charge is -2.16. The first-order valence-corrected chi connectivity index (χ1v) is 8.47. The standard InChI is InChI=1S/C21H21NO4/c1-13-11-19(15(3)26-13)21(24)25-12-20(23)22-14(2)17-10-6-8-16-7-4-5-9-18(16)17/h4-11,14H,12H2,1-3H3,(H,22,23)/t14-/m0/s1. The number of carbonyl (C=O) groups is 2. The summed E-state index contributed by atoms with van der Waals surface area (Å²) in [6.45, 7) is 5.01. The van der Waals surface area contributed by atoms with Crippen LogP contribution < -0.4 is 5.32 Å². The van der Waals surface area contributed by atoms with Gasteiger partial charge in [-0.3, -0.25) is 4.79 Å². The van der Waals surface area contributed by atoms with Gasteiger partial charge in [-0.25, -0.2) is 4.79 Å². The number of hydrogen-bond donors (Lipinski definition) is 1. The number of hydrogen-bond acceptors (Lipinski definition) is 4. The highest BCUT2D eigenvalue weighted by atomic mass is 16.5. The molecule has 0 fully saturated rings. The Hall–Kier alpha value is -3.08. The zero-order valence-electron chi connectivity index (χ0n) is 15.0. The van der Waals surface area contributed by atoms with Crippen molar-refractivity contribution in [1.82, 2.24) is 5.32 Å². The van der Waals surface area contributed by atoms with E-state index in [2.05, 4.69) is 5.32 Å². The molecule has 0 aliphatic carbocycles. The molecule has 5 nitrogen and oxygen atoms in total. The molecule has 1 heterocycles. The summed E-state index contributed by atoms with van der Waals surface area (Å²) in [5.41, 5.74) is 1.36. The van der Waals surface area contributed by atoms with Gasteiger partial charge in [0.05, 0.1) is 6.04 Å². The first-order chi connectivity index (χ1) is 12.5. The molecule has 0 saturated carbocycles. The Balaban J connectivity index is 1.62. The van der Waals surface area contributed by atoms with Crippen molar-refractivity contribution in [3.63, 3.8) is 0 Å². The van der Waals surface area contributed by atoms with E-state index in [1.165, 1.54) is 0 Å². The molecule has 0 aliphatic rings. The van der Waals surface area contributed by atoms with Gasteiger partial charge in [0.25, 0.3) is 5.91 Å². The predicted molar refractivity (Wildman–Crippen MR) is 99.0 cm³/mol. The smallest absolute Gasteiger partial charge is 0.342 e. The lowest BCUT2D eigenvalue weighted by molar-refractivity contribution is -0.124. The van der Waals surface area contributed by atoms with Crippen LogP contribution in [0.25, 0.3) is 10.8 Å². The lowest BCUT2D eigenvalue weighted by atomic mass is 10.00. The zero-order chi connectivity index (χ0) is 18.7. The molecule has 134 valence electrons. The molecular weight excluding hydrogens is 330 g/mol. The van der Waals surface area contributed by atoms with Crippen LogP contribution in [0, 0.1) is 13.8 Å². The maximum Gasteiger partial charge on any atom is 0.342 e. The second kappa shape index (κ2) is 7.44. The molecule has 1 amide bonds. The van der Waals surface area contributed by atoms with Crippen LogP contribution in [-0.2, 0) is 9.53 Å². The Kier molecular flexibility index (Phi) is 5.07.